The van der Waals surface area contributed by atoms with E-state index in [1.807, 2.05) is 36.4 Å². The van der Waals surface area contributed by atoms with Crippen LogP contribution >= 0.6 is 0 Å². The lowest BCUT2D eigenvalue weighted by Crippen LogP contribution is -2.40. The summed E-state index contributed by atoms with van der Waals surface area (Å²) < 4.78 is 0. The summed E-state index contributed by atoms with van der Waals surface area (Å²) in [6.07, 6.45) is -0.375. The van der Waals surface area contributed by atoms with Crippen LogP contribution in [0.5, 0.6) is 0 Å². The van der Waals surface area contributed by atoms with Gasteiger partial charge in [-0.05, 0) is 11.1 Å². The second-order valence-corrected chi connectivity index (χ2v) is 6.91. The van der Waals surface area contributed by atoms with Gasteiger partial charge in [0.1, 0.15) is 0 Å². The van der Waals surface area contributed by atoms with Gasteiger partial charge in [0.25, 0.3) is 0 Å². The number of carbonyl (C=O) groups is 1. The molecule has 1 aliphatic rings. The second-order valence-electron chi connectivity index (χ2n) is 6.91. The number of hydrogen-bond donors (Lipinski definition) is 3. The minimum Gasteiger partial charge on any atom is -0.391 e. The van der Waals surface area contributed by atoms with Crippen LogP contribution in [0, 0.1) is 5.92 Å². The third-order valence-electron chi connectivity index (χ3n) is 4.73. The largest absolute Gasteiger partial charge is 0.391 e. The van der Waals surface area contributed by atoms with E-state index >= 15 is 0 Å². The topological polar surface area (TPSA) is 64.6 Å². The molecular weight excluding hydrogens is 326 g/mol. The Bertz CT molecular complexity index is 637. The first-order valence-electron chi connectivity index (χ1n) is 9.16. The van der Waals surface area contributed by atoms with Crippen molar-refractivity contribution < 1.29 is 9.90 Å². The number of aliphatic hydroxyl groups excluding tert-OH is 1. The normalized spacial score (nSPS) is 19.6. The van der Waals surface area contributed by atoms with E-state index in [4.69, 9.17) is 0 Å². The van der Waals surface area contributed by atoms with E-state index in [2.05, 4.69) is 39.8 Å². The Morgan fingerprint density at radius 2 is 1.58 bits per heavy atom. The van der Waals surface area contributed by atoms with Gasteiger partial charge in [0, 0.05) is 38.6 Å². The van der Waals surface area contributed by atoms with Gasteiger partial charge in [0.15, 0.2) is 0 Å². The summed E-state index contributed by atoms with van der Waals surface area (Å²) in [5.41, 5.74) is 2.37. The first-order valence-corrected chi connectivity index (χ1v) is 9.16. The number of aliphatic hydroxyl groups is 1. The standard InChI is InChI=1S/C21H27N3O2/c25-20-13-22-11-19(20)12-23-21(26)16-24(14-17-7-3-1-4-8-17)15-18-9-5-2-6-10-18/h1-10,19-20,22,25H,11-16H2,(H,23,26). The van der Waals surface area contributed by atoms with Crippen LogP contribution in [0.3, 0.4) is 0 Å². The molecule has 138 valence electrons. The van der Waals surface area contributed by atoms with E-state index in [1.54, 1.807) is 0 Å². The van der Waals surface area contributed by atoms with E-state index < -0.39 is 0 Å². The van der Waals surface area contributed by atoms with Gasteiger partial charge >= 0.3 is 0 Å². The maximum Gasteiger partial charge on any atom is 0.234 e. The average molecular weight is 353 g/mol. The molecule has 1 heterocycles. The number of β-amino-alcohol motifs (C(OH)–C–C–N with tert-alkyl or cyclic N) is 1. The van der Waals surface area contributed by atoms with Crippen molar-refractivity contribution in [2.45, 2.75) is 19.2 Å². The van der Waals surface area contributed by atoms with E-state index in [-0.39, 0.29) is 17.9 Å². The molecule has 3 rings (SSSR count). The van der Waals surface area contributed by atoms with Crippen LogP contribution in [0.15, 0.2) is 60.7 Å². The number of benzene rings is 2. The molecule has 0 aliphatic carbocycles. The molecule has 0 saturated carbocycles. The van der Waals surface area contributed by atoms with Gasteiger partial charge in [0.2, 0.25) is 5.91 Å². The number of rotatable bonds is 8. The summed E-state index contributed by atoms with van der Waals surface area (Å²) in [6, 6.07) is 20.4. The fourth-order valence-electron chi connectivity index (χ4n) is 3.28. The molecule has 0 spiro atoms. The third-order valence-corrected chi connectivity index (χ3v) is 4.73. The van der Waals surface area contributed by atoms with Crippen molar-refractivity contribution in [2.75, 3.05) is 26.2 Å². The zero-order valence-electron chi connectivity index (χ0n) is 15.0. The molecule has 5 nitrogen and oxygen atoms in total. The SMILES string of the molecule is O=C(CN(Cc1ccccc1)Cc1ccccc1)NCC1CNCC1O. The Hall–Kier alpha value is -2.21. The van der Waals surface area contributed by atoms with Crippen molar-refractivity contribution >= 4 is 5.91 Å². The Kier molecular flexibility index (Phi) is 6.77. The molecule has 26 heavy (non-hydrogen) atoms. The fourth-order valence-corrected chi connectivity index (χ4v) is 3.28. The summed E-state index contributed by atoms with van der Waals surface area (Å²) >= 11 is 0. The maximum absolute atomic E-state index is 12.4. The first kappa shape index (κ1) is 18.6. The van der Waals surface area contributed by atoms with Gasteiger partial charge in [-0.15, -0.1) is 0 Å². The average Bonchev–Trinajstić information content (AvgIpc) is 3.06. The van der Waals surface area contributed by atoms with Crippen molar-refractivity contribution in [1.29, 1.82) is 0 Å². The smallest absolute Gasteiger partial charge is 0.234 e. The lowest BCUT2D eigenvalue weighted by atomic mass is 10.1. The highest BCUT2D eigenvalue weighted by atomic mass is 16.3. The van der Waals surface area contributed by atoms with Crippen LogP contribution in [0.2, 0.25) is 0 Å². The van der Waals surface area contributed by atoms with Crippen LogP contribution in [0.1, 0.15) is 11.1 Å². The Balaban J connectivity index is 1.57. The fraction of sp³-hybridized carbons (Fsp3) is 0.381. The van der Waals surface area contributed by atoms with Gasteiger partial charge in [-0.3, -0.25) is 9.69 Å². The molecule has 0 aromatic heterocycles. The van der Waals surface area contributed by atoms with Gasteiger partial charge in [-0.25, -0.2) is 0 Å². The Morgan fingerprint density at radius 1 is 1.00 bits per heavy atom. The van der Waals surface area contributed by atoms with Crippen LogP contribution in [-0.2, 0) is 17.9 Å². The molecule has 1 fully saturated rings. The monoisotopic (exact) mass is 353 g/mol. The molecule has 3 N–H and O–H groups in total. The van der Waals surface area contributed by atoms with Crippen LogP contribution in [0.25, 0.3) is 0 Å². The molecule has 1 saturated heterocycles. The molecule has 1 aliphatic heterocycles. The summed E-state index contributed by atoms with van der Waals surface area (Å²) in [5.74, 6) is 0.0895. The van der Waals surface area contributed by atoms with Crippen molar-refractivity contribution in [3.63, 3.8) is 0 Å². The van der Waals surface area contributed by atoms with Gasteiger partial charge in [0.05, 0.1) is 12.6 Å². The van der Waals surface area contributed by atoms with Crippen molar-refractivity contribution in [1.82, 2.24) is 15.5 Å². The zero-order valence-corrected chi connectivity index (χ0v) is 15.0. The lowest BCUT2D eigenvalue weighted by molar-refractivity contribution is -0.122. The molecule has 2 aromatic rings. The van der Waals surface area contributed by atoms with E-state index in [1.165, 1.54) is 11.1 Å². The number of nitrogens with zero attached hydrogens (tertiary/aromatic N) is 1. The zero-order chi connectivity index (χ0) is 18.2. The molecule has 0 radical (unpaired) electrons. The van der Waals surface area contributed by atoms with Crippen LogP contribution in [0.4, 0.5) is 0 Å². The quantitative estimate of drug-likeness (QED) is 0.671. The summed E-state index contributed by atoms with van der Waals surface area (Å²) in [4.78, 5) is 14.6. The predicted molar refractivity (Wildman–Crippen MR) is 102 cm³/mol. The van der Waals surface area contributed by atoms with Gasteiger partial charge in [-0.2, -0.15) is 0 Å². The van der Waals surface area contributed by atoms with Crippen molar-refractivity contribution in [3.8, 4) is 0 Å². The highest BCUT2D eigenvalue weighted by Gasteiger charge is 2.25. The first-order chi connectivity index (χ1) is 12.7. The summed E-state index contributed by atoms with van der Waals surface area (Å²) in [7, 11) is 0. The Labute approximate surface area is 155 Å². The molecular formula is C21H27N3O2. The van der Waals surface area contributed by atoms with E-state index in [9.17, 15) is 9.90 Å². The lowest BCUT2D eigenvalue weighted by Gasteiger charge is -2.23. The summed E-state index contributed by atoms with van der Waals surface area (Å²) in [6.45, 7) is 3.64. The van der Waals surface area contributed by atoms with Gasteiger partial charge < -0.3 is 15.7 Å². The number of nitrogens with one attached hydrogen (secondary N) is 2. The van der Waals surface area contributed by atoms with Crippen molar-refractivity contribution in [3.05, 3.63) is 71.8 Å². The predicted octanol–water partition coefficient (Wildman–Crippen LogP) is 1.39. The molecule has 5 heteroatoms. The van der Waals surface area contributed by atoms with Crippen molar-refractivity contribution in [2.24, 2.45) is 5.92 Å². The van der Waals surface area contributed by atoms with E-state index in [0.717, 1.165) is 19.6 Å². The van der Waals surface area contributed by atoms with Crippen LogP contribution in [-0.4, -0.2) is 48.2 Å². The molecule has 0 bridgehead atoms. The molecule has 2 unspecified atom stereocenters. The highest BCUT2D eigenvalue weighted by Crippen LogP contribution is 2.10. The highest BCUT2D eigenvalue weighted by molar-refractivity contribution is 5.78. The maximum atomic E-state index is 12.4. The minimum atomic E-state index is -0.375. The number of hydrogen-bond acceptors (Lipinski definition) is 4. The van der Waals surface area contributed by atoms with E-state index in [0.29, 0.717) is 19.6 Å². The number of carbonyl (C=O) groups excluding carboxylic acids is 1. The van der Waals surface area contributed by atoms with Gasteiger partial charge in [-0.1, -0.05) is 60.7 Å². The third kappa shape index (κ3) is 5.66. The summed E-state index contributed by atoms with van der Waals surface area (Å²) in [5, 5.41) is 16.0. The number of amides is 1. The molecule has 2 aromatic carbocycles. The Morgan fingerprint density at radius 3 is 2.08 bits per heavy atom. The molecule has 2 atom stereocenters. The second kappa shape index (κ2) is 9.48. The van der Waals surface area contributed by atoms with Crippen LogP contribution < -0.4 is 10.6 Å². The molecule has 1 amide bonds. The minimum absolute atomic E-state index is 0.00374.